The molecular formula is C40H25N3O. The van der Waals surface area contributed by atoms with Gasteiger partial charge in [0.05, 0.1) is 5.56 Å². The van der Waals surface area contributed by atoms with Crippen molar-refractivity contribution < 1.29 is 4.42 Å². The highest BCUT2D eigenvalue weighted by Crippen LogP contribution is 2.50. The maximum Gasteiger partial charge on any atom is 0.167 e. The average Bonchev–Trinajstić information content (AvgIpc) is 3.65. The van der Waals surface area contributed by atoms with Crippen LogP contribution in [0.1, 0.15) is 22.6 Å². The van der Waals surface area contributed by atoms with E-state index in [1.54, 1.807) is 0 Å². The third-order valence-corrected chi connectivity index (χ3v) is 8.64. The van der Waals surface area contributed by atoms with Gasteiger partial charge in [-0.2, -0.15) is 0 Å². The summed E-state index contributed by atoms with van der Waals surface area (Å²) in [6.45, 7) is 0. The van der Waals surface area contributed by atoms with Crippen molar-refractivity contribution in [3.63, 3.8) is 0 Å². The first-order valence-electron chi connectivity index (χ1n) is 14.8. The fourth-order valence-corrected chi connectivity index (χ4v) is 6.67. The van der Waals surface area contributed by atoms with Crippen molar-refractivity contribution in [1.29, 1.82) is 0 Å². The van der Waals surface area contributed by atoms with Crippen LogP contribution < -0.4 is 0 Å². The van der Waals surface area contributed by atoms with E-state index < -0.39 is 0 Å². The van der Waals surface area contributed by atoms with Crippen LogP contribution in [0.2, 0.25) is 0 Å². The van der Waals surface area contributed by atoms with Crippen LogP contribution >= 0.6 is 0 Å². The molecule has 0 spiro atoms. The topological polar surface area (TPSA) is 51.8 Å². The number of nitrogens with zero attached hydrogens (tertiary/aromatic N) is 3. The van der Waals surface area contributed by atoms with E-state index in [9.17, 15) is 0 Å². The van der Waals surface area contributed by atoms with E-state index in [0.717, 1.165) is 44.2 Å². The molecule has 44 heavy (non-hydrogen) atoms. The predicted molar refractivity (Wildman–Crippen MR) is 176 cm³/mol. The normalized spacial score (nSPS) is 12.5. The highest BCUT2D eigenvalue weighted by atomic mass is 16.3. The average molecular weight is 564 g/mol. The highest BCUT2D eigenvalue weighted by Gasteiger charge is 2.31. The van der Waals surface area contributed by atoms with E-state index in [1.807, 2.05) is 66.7 Å². The molecular weight excluding hydrogens is 538 g/mol. The number of hydrogen-bond acceptors (Lipinski definition) is 4. The second-order valence-corrected chi connectivity index (χ2v) is 11.2. The van der Waals surface area contributed by atoms with Crippen LogP contribution in [0, 0.1) is 0 Å². The molecule has 0 bridgehead atoms. The quantitative estimate of drug-likeness (QED) is 0.214. The lowest BCUT2D eigenvalue weighted by atomic mass is 9.88. The summed E-state index contributed by atoms with van der Waals surface area (Å²) >= 11 is 0. The Kier molecular flexibility index (Phi) is 5.53. The maximum absolute atomic E-state index is 6.90. The van der Waals surface area contributed by atoms with E-state index in [-0.39, 0.29) is 5.92 Å². The molecule has 6 aromatic carbocycles. The molecule has 4 heteroatoms. The Balaban J connectivity index is 1.28. The Labute approximate surface area is 254 Å². The molecule has 206 valence electrons. The van der Waals surface area contributed by atoms with Gasteiger partial charge in [-0.15, -0.1) is 0 Å². The number of hydrogen-bond donors (Lipinski definition) is 0. The Hall–Kier alpha value is -5.87. The largest absolute Gasteiger partial charge is 0.455 e. The third-order valence-electron chi connectivity index (χ3n) is 8.64. The molecule has 0 radical (unpaired) electrons. The smallest absolute Gasteiger partial charge is 0.167 e. The van der Waals surface area contributed by atoms with Crippen LogP contribution in [-0.4, -0.2) is 15.0 Å². The van der Waals surface area contributed by atoms with Crippen LogP contribution in [0.15, 0.2) is 150 Å². The zero-order valence-electron chi connectivity index (χ0n) is 23.7. The monoisotopic (exact) mass is 563 g/mol. The summed E-state index contributed by atoms with van der Waals surface area (Å²) in [6.07, 6.45) is 0. The number of benzene rings is 6. The second kappa shape index (κ2) is 9.85. The van der Waals surface area contributed by atoms with Crippen molar-refractivity contribution in [3.8, 4) is 45.3 Å². The molecule has 0 N–H and O–H groups in total. The molecule has 9 rings (SSSR count). The highest BCUT2D eigenvalue weighted by molar-refractivity contribution is 6.10. The Morgan fingerprint density at radius 1 is 0.364 bits per heavy atom. The summed E-state index contributed by atoms with van der Waals surface area (Å²) in [5.74, 6) is 1.92. The lowest BCUT2D eigenvalue weighted by Crippen LogP contribution is -2.00. The van der Waals surface area contributed by atoms with Crippen LogP contribution in [0.4, 0.5) is 0 Å². The maximum atomic E-state index is 6.90. The van der Waals surface area contributed by atoms with Gasteiger partial charge < -0.3 is 4.42 Å². The van der Waals surface area contributed by atoms with Crippen molar-refractivity contribution in [1.82, 2.24) is 15.0 Å². The van der Waals surface area contributed by atoms with Gasteiger partial charge in [0, 0.05) is 33.4 Å². The number of para-hydroxylation sites is 2. The van der Waals surface area contributed by atoms with Gasteiger partial charge >= 0.3 is 0 Å². The second-order valence-electron chi connectivity index (χ2n) is 11.2. The molecule has 4 nitrogen and oxygen atoms in total. The summed E-state index contributed by atoms with van der Waals surface area (Å²) < 4.78 is 6.90. The van der Waals surface area contributed by atoms with Crippen LogP contribution in [0.5, 0.6) is 0 Å². The molecule has 0 aliphatic heterocycles. The number of furan rings is 1. The summed E-state index contributed by atoms with van der Waals surface area (Å²) in [7, 11) is 0. The van der Waals surface area contributed by atoms with Crippen LogP contribution in [-0.2, 0) is 0 Å². The van der Waals surface area contributed by atoms with Gasteiger partial charge in [0.2, 0.25) is 0 Å². The first-order chi connectivity index (χ1) is 21.8. The predicted octanol–water partition coefficient (Wildman–Crippen LogP) is 9.93. The molecule has 0 atom stereocenters. The van der Waals surface area contributed by atoms with Gasteiger partial charge in [-0.3, -0.25) is 0 Å². The fraction of sp³-hybridized carbons (Fsp3) is 0.0250. The summed E-state index contributed by atoms with van der Waals surface area (Å²) in [5, 5.41) is 2.13. The zero-order valence-corrected chi connectivity index (χ0v) is 23.7. The Morgan fingerprint density at radius 3 is 1.43 bits per heavy atom. The van der Waals surface area contributed by atoms with Gasteiger partial charge in [-0.05, 0) is 28.3 Å². The van der Waals surface area contributed by atoms with E-state index >= 15 is 0 Å². The van der Waals surface area contributed by atoms with E-state index in [0.29, 0.717) is 17.5 Å². The van der Waals surface area contributed by atoms with Crippen molar-refractivity contribution in [2.45, 2.75) is 5.92 Å². The number of rotatable bonds is 4. The van der Waals surface area contributed by atoms with Crippen LogP contribution in [0.3, 0.4) is 0 Å². The summed E-state index contributed by atoms with van der Waals surface area (Å²) in [6, 6.07) is 50.3. The Bertz CT molecular complexity index is 2240. The standard InChI is InChI=1S/C40H25N3O/c1-3-13-25(14-4-1)38-41-39(26-15-5-2-6-16-26)43-40(42-38)34-24-12-22-32-31-21-11-23-33(36(31)44-37(32)34)35-29-19-9-7-17-27(29)28-18-8-10-20-30(28)35/h1-24,35H. The van der Waals surface area contributed by atoms with Crippen molar-refractivity contribution in [2.75, 3.05) is 0 Å². The SMILES string of the molecule is c1ccc(-c2nc(-c3ccccc3)nc(-c3cccc4c3oc3c(C5c6ccccc6-c6ccccc65)cccc34)n2)cc1. The van der Waals surface area contributed by atoms with E-state index in [4.69, 9.17) is 19.4 Å². The van der Waals surface area contributed by atoms with Gasteiger partial charge in [0.1, 0.15) is 11.2 Å². The first-order valence-corrected chi connectivity index (χ1v) is 14.8. The van der Waals surface area contributed by atoms with Crippen LogP contribution in [0.25, 0.3) is 67.2 Å². The fourth-order valence-electron chi connectivity index (χ4n) is 6.67. The summed E-state index contributed by atoms with van der Waals surface area (Å²) in [5.41, 5.74) is 10.7. The third kappa shape index (κ3) is 3.81. The minimum absolute atomic E-state index is 0.0849. The van der Waals surface area contributed by atoms with Gasteiger partial charge in [-0.1, -0.05) is 140 Å². The molecule has 0 saturated heterocycles. The van der Waals surface area contributed by atoms with E-state index in [2.05, 4.69) is 78.9 Å². The van der Waals surface area contributed by atoms with Gasteiger partial charge in [0.25, 0.3) is 0 Å². The Morgan fingerprint density at radius 2 is 0.818 bits per heavy atom. The van der Waals surface area contributed by atoms with Gasteiger partial charge in [-0.25, -0.2) is 15.0 Å². The molecule has 1 aliphatic carbocycles. The zero-order chi connectivity index (χ0) is 29.0. The molecule has 2 heterocycles. The van der Waals surface area contributed by atoms with Gasteiger partial charge in [0.15, 0.2) is 17.5 Å². The molecule has 2 aromatic heterocycles. The van der Waals surface area contributed by atoms with E-state index in [1.165, 1.54) is 22.3 Å². The lowest BCUT2D eigenvalue weighted by Gasteiger charge is -2.14. The lowest BCUT2D eigenvalue weighted by molar-refractivity contribution is 0.662. The minimum Gasteiger partial charge on any atom is -0.455 e. The molecule has 8 aromatic rings. The van der Waals surface area contributed by atoms with Crippen molar-refractivity contribution >= 4 is 21.9 Å². The molecule has 1 aliphatic rings. The first kappa shape index (κ1) is 24.7. The van der Waals surface area contributed by atoms with Crippen molar-refractivity contribution in [2.24, 2.45) is 0 Å². The molecule has 0 amide bonds. The summed E-state index contributed by atoms with van der Waals surface area (Å²) in [4.78, 5) is 14.9. The molecule has 0 saturated carbocycles. The number of fused-ring (bicyclic) bond motifs is 6. The minimum atomic E-state index is 0.0849. The molecule has 0 unspecified atom stereocenters. The number of aromatic nitrogens is 3. The molecule has 0 fully saturated rings. The van der Waals surface area contributed by atoms with Crippen molar-refractivity contribution in [3.05, 3.63) is 162 Å².